The van der Waals surface area contributed by atoms with Gasteiger partial charge in [-0.25, -0.2) is 4.98 Å². The molecule has 0 unspecified atom stereocenters. The topological polar surface area (TPSA) is 67.2 Å². The Labute approximate surface area is 180 Å². The fourth-order valence-electron chi connectivity index (χ4n) is 3.45. The van der Waals surface area contributed by atoms with Crippen LogP contribution < -0.4 is 10.9 Å². The number of aromatic nitrogens is 2. The Kier molecular flexibility index (Phi) is 7.46. The molecule has 1 aliphatic carbocycles. The van der Waals surface area contributed by atoms with Gasteiger partial charge in [-0.05, 0) is 58.3 Å². The van der Waals surface area contributed by atoms with Gasteiger partial charge >= 0.3 is 6.18 Å². The van der Waals surface area contributed by atoms with E-state index in [0.29, 0.717) is 21.9 Å². The van der Waals surface area contributed by atoms with Crippen molar-refractivity contribution in [1.29, 1.82) is 0 Å². The average molecular weight is 463 g/mol. The third-order valence-corrected chi connectivity index (χ3v) is 7.01. The molecule has 2 aromatic heterocycles. The second-order valence-corrected chi connectivity index (χ2v) is 9.61. The lowest BCUT2D eigenvalue weighted by Gasteiger charge is -2.15. The van der Waals surface area contributed by atoms with Crippen LogP contribution in [0.1, 0.15) is 29.7 Å². The molecule has 0 saturated heterocycles. The molecular formula is C19H25F3N4O2S2. The molecule has 0 aromatic carbocycles. The van der Waals surface area contributed by atoms with Gasteiger partial charge in [0.1, 0.15) is 11.4 Å². The van der Waals surface area contributed by atoms with E-state index in [1.807, 2.05) is 24.3 Å². The number of nitrogens with zero attached hydrogens (tertiary/aromatic N) is 3. The highest BCUT2D eigenvalue weighted by Crippen LogP contribution is 2.34. The van der Waals surface area contributed by atoms with Gasteiger partial charge in [0.2, 0.25) is 5.91 Å². The van der Waals surface area contributed by atoms with E-state index in [1.54, 1.807) is 4.57 Å². The van der Waals surface area contributed by atoms with Crippen molar-refractivity contribution >= 4 is 39.2 Å². The summed E-state index contributed by atoms with van der Waals surface area (Å²) in [7, 11) is 3.89. The number of amides is 1. The minimum Gasteiger partial charge on any atom is -0.346 e. The number of thioether (sulfide) groups is 1. The van der Waals surface area contributed by atoms with Gasteiger partial charge in [-0.1, -0.05) is 11.8 Å². The van der Waals surface area contributed by atoms with Crippen LogP contribution in [0.15, 0.2) is 9.95 Å². The lowest BCUT2D eigenvalue weighted by Crippen LogP contribution is -2.35. The molecule has 11 heteroatoms. The molecule has 30 heavy (non-hydrogen) atoms. The Morgan fingerprint density at radius 2 is 2.03 bits per heavy atom. The van der Waals surface area contributed by atoms with Crippen molar-refractivity contribution in [2.45, 2.75) is 50.0 Å². The maximum Gasteiger partial charge on any atom is 0.405 e. The predicted molar refractivity (Wildman–Crippen MR) is 113 cm³/mol. The quantitative estimate of drug-likeness (QED) is 0.483. The molecule has 1 N–H and O–H groups in total. The van der Waals surface area contributed by atoms with E-state index in [2.05, 4.69) is 4.98 Å². The summed E-state index contributed by atoms with van der Waals surface area (Å²) in [6, 6.07) is 0. The molecule has 0 bridgehead atoms. The van der Waals surface area contributed by atoms with E-state index in [-0.39, 0.29) is 11.3 Å². The molecular weight excluding hydrogens is 437 g/mol. The molecule has 3 rings (SSSR count). The van der Waals surface area contributed by atoms with Crippen LogP contribution >= 0.6 is 23.1 Å². The Balaban J connectivity index is 1.87. The number of hydrogen-bond donors (Lipinski definition) is 1. The fourth-order valence-corrected chi connectivity index (χ4v) is 5.61. The molecule has 1 aliphatic rings. The molecule has 2 heterocycles. The molecule has 0 atom stereocenters. The Morgan fingerprint density at radius 1 is 1.30 bits per heavy atom. The standard InChI is InChI=1S/C19H25F3N4O2S2/c1-25(2)8-5-9-26-17(28)15-12-6-3-4-7-13(12)30-16(15)24-18(26)29-10-14(27)23-11-19(20,21)22/h3-11H2,1-2H3,(H,23,27). The molecule has 0 radical (unpaired) electrons. The van der Waals surface area contributed by atoms with Gasteiger partial charge in [-0.3, -0.25) is 14.2 Å². The molecule has 166 valence electrons. The Bertz CT molecular complexity index is 969. The molecule has 0 spiro atoms. The maximum absolute atomic E-state index is 13.3. The number of carbonyl (C=O) groups is 1. The van der Waals surface area contributed by atoms with Crippen LogP contribution in [0.5, 0.6) is 0 Å². The predicted octanol–water partition coefficient (Wildman–Crippen LogP) is 3.06. The third-order valence-electron chi connectivity index (χ3n) is 4.85. The second kappa shape index (κ2) is 9.69. The number of aryl methyl sites for hydroxylation is 2. The normalized spacial score (nSPS) is 14.3. The number of nitrogens with one attached hydrogen (secondary N) is 1. The number of hydrogen-bond acceptors (Lipinski definition) is 6. The number of rotatable bonds is 8. The van der Waals surface area contributed by atoms with Crippen molar-refractivity contribution in [3.8, 4) is 0 Å². The van der Waals surface area contributed by atoms with Crippen molar-refractivity contribution in [2.24, 2.45) is 0 Å². The summed E-state index contributed by atoms with van der Waals surface area (Å²) in [4.78, 5) is 33.7. The summed E-state index contributed by atoms with van der Waals surface area (Å²) in [5.74, 6) is -0.968. The first-order valence-electron chi connectivity index (χ1n) is 9.82. The van der Waals surface area contributed by atoms with Crippen molar-refractivity contribution < 1.29 is 18.0 Å². The van der Waals surface area contributed by atoms with Crippen LogP contribution in [0.4, 0.5) is 13.2 Å². The first kappa shape index (κ1) is 23.1. The van der Waals surface area contributed by atoms with Gasteiger partial charge < -0.3 is 10.2 Å². The third kappa shape index (κ3) is 5.76. The first-order valence-corrected chi connectivity index (χ1v) is 11.6. The smallest absolute Gasteiger partial charge is 0.346 e. The van der Waals surface area contributed by atoms with Gasteiger partial charge in [0.15, 0.2) is 5.16 Å². The van der Waals surface area contributed by atoms with E-state index < -0.39 is 18.6 Å². The largest absolute Gasteiger partial charge is 0.405 e. The van der Waals surface area contributed by atoms with Crippen molar-refractivity contribution in [1.82, 2.24) is 19.8 Å². The number of halogens is 3. The molecule has 0 aliphatic heterocycles. The summed E-state index contributed by atoms with van der Waals surface area (Å²) >= 11 is 2.52. The van der Waals surface area contributed by atoms with E-state index in [0.717, 1.165) is 56.0 Å². The summed E-state index contributed by atoms with van der Waals surface area (Å²) < 4.78 is 38.5. The summed E-state index contributed by atoms with van der Waals surface area (Å²) in [6.07, 6.45) is 0.226. The highest BCUT2D eigenvalue weighted by molar-refractivity contribution is 7.99. The highest BCUT2D eigenvalue weighted by atomic mass is 32.2. The van der Waals surface area contributed by atoms with Crippen LogP contribution in [0.3, 0.4) is 0 Å². The van der Waals surface area contributed by atoms with E-state index in [9.17, 15) is 22.8 Å². The van der Waals surface area contributed by atoms with E-state index in [1.165, 1.54) is 16.2 Å². The number of carbonyl (C=O) groups excluding carboxylic acids is 1. The minimum absolute atomic E-state index is 0.114. The monoisotopic (exact) mass is 462 g/mol. The van der Waals surface area contributed by atoms with Crippen LogP contribution in [0, 0.1) is 0 Å². The first-order chi connectivity index (χ1) is 14.2. The average Bonchev–Trinajstić information content (AvgIpc) is 3.04. The van der Waals surface area contributed by atoms with Gasteiger partial charge in [-0.15, -0.1) is 11.3 Å². The van der Waals surface area contributed by atoms with Gasteiger partial charge in [0.05, 0.1) is 11.1 Å². The number of fused-ring (bicyclic) bond motifs is 3. The van der Waals surface area contributed by atoms with E-state index in [4.69, 9.17) is 0 Å². The summed E-state index contributed by atoms with van der Waals surface area (Å²) in [5.41, 5.74) is 0.982. The SMILES string of the molecule is CN(C)CCCn1c(SCC(=O)NCC(F)(F)F)nc2sc3c(c2c1=O)CCCC3. The van der Waals surface area contributed by atoms with Crippen molar-refractivity contribution in [3.05, 3.63) is 20.8 Å². The second-order valence-electron chi connectivity index (χ2n) is 7.58. The zero-order valence-electron chi connectivity index (χ0n) is 17.0. The van der Waals surface area contributed by atoms with E-state index >= 15 is 0 Å². The maximum atomic E-state index is 13.3. The molecule has 6 nitrogen and oxygen atoms in total. The lowest BCUT2D eigenvalue weighted by atomic mass is 9.97. The summed E-state index contributed by atoms with van der Waals surface area (Å²) in [6.45, 7) is -0.147. The van der Waals surface area contributed by atoms with Crippen LogP contribution in [0.25, 0.3) is 10.2 Å². The zero-order valence-corrected chi connectivity index (χ0v) is 18.6. The van der Waals surface area contributed by atoms with Crippen LogP contribution in [0.2, 0.25) is 0 Å². The van der Waals surface area contributed by atoms with Gasteiger partial charge in [0.25, 0.3) is 5.56 Å². The number of alkyl halides is 3. The Hall–Kier alpha value is -1.59. The van der Waals surface area contributed by atoms with Crippen LogP contribution in [-0.4, -0.2) is 59.5 Å². The fraction of sp³-hybridized carbons (Fsp3) is 0.632. The van der Waals surface area contributed by atoms with Crippen LogP contribution in [-0.2, 0) is 24.2 Å². The van der Waals surface area contributed by atoms with Gasteiger partial charge in [-0.2, -0.15) is 13.2 Å². The highest BCUT2D eigenvalue weighted by Gasteiger charge is 2.28. The lowest BCUT2D eigenvalue weighted by molar-refractivity contribution is -0.136. The van der Waals surface area contributed by atoms with Crippen molar-refractivity contribution in [3.63, 3.8) is 0 Å². The molecule has 0 fully saturated rings. The van der Waals surface area contributed by atoms with Gasteiger partial charge in [0, 0.05) is 11.4 Å². The molecule has 0 saturated carbocycles. The minimum atomic E-state index is -4.46. The van der Waals surface area contributed by atoms with Crippen molar-refractivity contribution in [2.75, 3.05) is 32.9 Å². The molecule has 1 amide bonds. The molecule has 2 aromatic rings. The summed E-state index contributed by atoms with van der Waals surface area (Å²) in [5, 5.41) is 2.91. The zero-order chi connectivity index (χ0) is 21.9. The Morgan fingerprint density at radius 3 is 2.73 bits per heavy atom. The number of thiophene rings is 1.